The van der Waals surface area contributed by atoms with Crippen LogP contribution >= 0.6 is 0 Å². The Bertz CT molecular complexity index is 1050. The number of amides is 1. The Kier molecular flexibility index (Phi) is 6.18. The van der Waals surface area contributed by atoms with Gasteiger partial charge >= 0.3 is 0 Å². The van der Waals surface area contributed by atoms with E-state index in [0.717, 1.165) is 28.6 Å². The van der Waals surface area contributed by atoms with Gasteiger partial charge in [-0.25, -0.2) is 12.8 Å². The molecule has 2 aromatic carbocycles. The number of carbonyl (C=O) groups excluding carboxylic acids is 1. The predicted octanol–water partition coefficient (Wildman–Crippen LogP) is 2.94. The molecule has 1 aromatic heterocycles. The summed E-state index contributed by atoms with van der Waals surface area (Å²) in [4.78, 5) is 12.3. The van der Waals surface area contributed by atoms with Gasteiger partial charge in [-0.05, 0) is 60.7 Å². The molecule has 0 saturated carbocycles. The minimum atomic E-state index is -4.12. The van der Waals surface area contributed by atoms with Crippen molar-refractivity contribution in [1.82, 2.24) is 5.32 Å². The highest BCUT2D eigenvalue weighted by molar-refractivity contribution is 7.92. The average Bonchev–Trinajstić information content (AvgIpc) is 3.24. The summed E-state index contributed by atoms with van der Waals surface area (Å²) in [6, 6.07) is 14.0. The van der Waals surface area contributed by atoms with Crippen molar-refractivity contribution in [2.24, 2.45) is 0 Å². The highest BCUT2D eigenvalue weighted by Gasteiger charge is 2.27. The number of nitrogens with one attached hydrogen (secondary N) is 1. The van der Waals surface area contributed by atoms with Gasteiger partial charge in [-0.2, -0.15) is 0 Å². The van der Waals surface area contributed by atoms with E-state index in [9.17, 15) is 17.6 Å². The smallest absolute Gasteiger partial charge is 0.264 e. The monoisotopic (exact) mass is 418 g/mol. The molecule has 0 radical (unpaired) electrons. The van der Waals surface area contributed by atoms with E-state index in [2.05, 4.69) is 5.32 Å². The Labute approximate surface area is 167 Å². The number of hydrogen-bond acceptors (Lipinski definition) is 5. The topological polar surface area (TPSA) is 88.8 Å². The van der Waals surface area contributed by atoms with Crippen molar-refractivity contribution in [3.05, 3.63) is 78.5 Å². The maximum atomic E-state index is 13.2. The van der Waals surface area contributed by atoms with E-state index < -0.39 is 28.3 Å². The van der Waals surface area contributed by atoms with Crippen LogP contribution in [0.1, 0.15) is 5.76 Å². The van der Waals surface area contributed by atoms with E-state index in [1.807, 2.05) is 0 Å². The van der Waals surface area contributed by atoms with Crippen LogP contribution in [0.4, 0.5) is 10.1 Å². The van der Waals surface area contributed by atoms with Crippen molar-refractivity contribution >= 4 is 21.6 Å². The molecule has 0 aliphatic rings. The van der Waals surface area contributed by atoms with Crippen LogP contribution in [0.3, 0.4) is 0 Å². The number of nitrogens with zero attached hydrogens (tertiary/aromatic N) is 1. The minimum Gasteiger partial charge on any atom is -0.497 e. The lowest BCUT2D eigenvalue weighted by Gasteiger charge is -2.24. The van der Waals surface area contributed by atoms with Crippen LogP contribution in [0, 0.1) is 5.82 Å². The highest BCUT2D eigenvalue weighted by atomic mass is 32.2. The molecule has 29 heavy (non-hydrogen) atoms. The third-order valence-corrected chi connectivity index (χ3v) is 5.88. The van der Waals surface area contributed by atoms with E-state index in [1.54, 1.807) is 24.3 Å². The zero-order valence-corrected chi connectivity index (χ0v) is 16.4. The molecule has 1 N–H and O–H groups in total. The van der Waals surface area contributed by atoms with Gasteiger partial charge in [-0.3, -0.25) is 9.10 Å². The summed E-state index contributed by atoms with van der Waals surface area (Å²) in [6.45, 7) is -0.342. The number of benzene rings is 2. The van der Waals surface area contributed by atoms with Crippen molar-refractivity contribution in [3.63, 3.8) is 0 Å². The molecule has 0 aliphatic heterocycles. The van der Waals surface area contributed by atoms with Crippen LogP contribution in [0.2, 0.25) is 0 Å². The Morgan fingerprint density at radius 1 is 1.10 bits per heavy atom. The quantitative estimate of drug-likeness (QED) is 0.608. The molecular weight excluding hydrogens is 399 g/mol. The third-order valence-electron chi connectivity index (χ3n) is 4.09. The summed E-state index contributed by atoms with van der Waals surface area (Å²) >= 11 is 0. The number of rotatable bonds is 8. The SMILES string of the molecule is COc1ccc(N(CC(=O)NCc2ccco2)S(=O)(=O)c2ccc(F)cc2)cc1. The molecule has 0 unspecified atom stereocenters. The van der Waals surface area contributed by atoms with E-state index in [1.165, 1.54) is 25.5 Å². The van der Waals surface area contributed by atoms with Gasteiger partial charge in [0.25, 0.3) is 10.0 Å². The van der Waals surface area contributed by atoms with Crippen LogP contribution in [0.5, 0.6) is 5.75 Å². The average molecular weight is 418 g/mol. The Balaban J connectivity index is 1.88. The molecule has 0 spiro atoms. The van der Waals surface area contributed by atoms with Gasteiger partial charge in [0.15, 0.2) is 0 Å². The van der Waals surface area contributed by atoms with Gasteiger partial charge in [0, 0.05) is 0 Å². The number of methoxy groups -OCH3 is 1. The molecule has 9 heteroatoms. The number of hydrogen-bond donors (Lipinski definition) is 1. The standard InChI is InChI=1S/C20H19FN2O5S/c1-27-17-8-6-16(7-9-17)23(14-20(24)22-13-18-3-2-12-28-18)29(25,26)19-10-4-15(21)5-11-19/h2-12H,13-14H2,1H3,(H,22,24). The lowest BCUT2D eigenvalue weighted by molar-refractivity contribution is -0.119. The van der Waals surface area contributed by atoms with E-state index in [0.29, 0.717) is 11.5 Å². The second-order valence-corrected chi connectivity index (χ2v) is 7.88. The fourth-order valence-corrected chi connectivity index (χ4v) is 4.00. The molecule has 0 fully saturated rings. The van der Waals surface area contributed by atoms with E-state index in [4.69, 9.17) is 9.15 Å². The maximum absolute atomic E-state index is 13.2. The van der Waals surface area contributed by atoms with Gasteiger partial charge in [0.05, 0.1) is 30.5 Å². The molecule has 0 saturated heterocycles. The molecular formula is C20H19FN2O5S. The number of halogens is 1. The van der Waals surface area contributed by atoms with E-state index in [-0.39, 0.29) is 17.1 Å². The molecule has 0 bridgehead atoms. The fourth-order valence-electron chi connectivity index (χ4n) is 2.58. The molecule has 1 heterocycles. The van der Waals surface area contributed by atoms with Gasteiger partial charge in [0.2, 0.25) is 5.91 Å². The van der Waals surface area contributed by atoms with Gasteiger partial charge in [0.1, 0.15) is 23.9 Å². The maximum Gasteiger partial charge on any atom is 0.264 e. The Morgan fingerprint density at radius 3 is 2.38 bits per heavy atom. The summed E-state index contributed by atoms with van der Waals surface area (Å²) in [7, 11) is -2.63. The predicted molar refractivity (Wildman–Crippen MR) is 104 cm³/mol. The Hall–Kier alpha value is -3.33. The fraction of sp³-hybridized carbons (Fsp3) is 0.150. The van der Waals surface area contributed by atoms with Crippen LogP contribution in [-0.2, 0) is 21.4 Å². The van der Waals surface area contributed by atoms with E-state index >= 15 is 0 Å². The van der Waals surface area contributed by atoms with Crippen molar-refractivity contribution in [3.8, 4) is 5.75 Å². The summed E-state index contributed by atoms with van der Waals surface area (Å²) in [5.74, 6) is -0.00932. The number of furan rings is 1. The van der Waals surface area contributed by atoms with Crippen LogP contribution in [-0.4, -0.2) is 28.0 Å². The van der Waals surface area contributed by atoms with Crippen LogP contribution in [0.25, 0.3) is 0 Å². The van der Waals surface area contributed by atoms with Crippen molar-refractivity contribution in [1.29, 1.82) is 0 Å². The first-order chi connectivity index (χ1) is 13.9. The largest absolute Gasteiger partial charge is 0.497 e. The lowest BCUT2D eigenvalue weighted by atomic mass is 10.3. The number of carbonyl (C=O) groups is 1. The molecule has 0 aliphatic carbocycles. The summed E-state index contributed by atoms with van der Waals surface area (Å²) in [5.41, 5.74) is 0.267. The van der Waals surface area contributed by atoms with Crippen molar-refractivity contribution in [2.75, 3.05) is 18.0 Å². The van der Waals surface area contributed by atoms with Gasteiger partial charge < -0.3 is 14.5 Å². The second kappa shape index (κ2) is 8.78. The number of ether oxygens (including phenoxy) is 1. The zero-order valence-electron chi connectivity index (χ0n) is 15.5. The Morgan fingerprint density at radius 2 is 1.79 bits per heavy atom. The highest BCUT2D eigenvalue weighted by Crippen LogP contribution is 2.25. The zero-order chi connectivity index (χ0) is 20.9. The van der Waals surface area contributed by atoms with Gasteiger partial charge in [-0.15, -0.1) is 0 Å². The third kappa shape index (κ3) is 4.94. The van der Waals surface area contributed by atoms with Crippen molar-refractivity contribution in [2.45, 2.75) is 11.4 Å². The molecule has 7 nitrogen and oxygen atoms in total. The molecule has 3 aromatic rings. The first-order valence-electron chi connectivity index (χ1n) is 8.61. The van der Waals surface area contributed by atoms with Gasteiger partial charge in [-0.1, -0.05) is 0 Å². The molecule has 1 amide bonds. The molecule has 152 valence electrons. The molecule has 0 atom stereocenters. The second-order valence-electron chi connectivity index (χ2n) is 6.02. The lowest BCUT2D eigenvalue weighted by Crippen LogP contribution is -2.40. The van der Waals surface area contributed by atoms with Crippen molar-refractivity contribution < 1.29 is 26.8 Å². The minimum absolute atomic E-state index is 0.124. The number of sulfonamides is 1. The van der Waals surface area contributed by atoms with Crippen LogP contribution < -0.4 is 14.4 Å². The normalized spacial score (nSPS) is 11.1. The molecule has 3 rings (SSSR count). The van der Waals surface area contributed by atoms with Crippen LogP contribution in [0.15, 0.2) is 76.2 Å². The summed E-state index contributed by atoms with van der Waals surface area (Å²) in [5, 5.41) is 2.62. The summed E-state index contributed by atoms with van der Waals surface area (Å²) < 4.78 is 50.7. The first kappa shape index (κ1) is 20.4. The summed E-state index contributed by atoms with van der Waals surface area (Å²) in [6.07, 6.45) is 1.48. The first-order valence-corrected chi connectivity index (χ1v) is 10.1. The number of anilines is 1.